The molecule has 1 saturated carbocycles. The summed E-state index contributed by atoms with van der Waals surface area (Å²) in [5.74, 6) is 0.864. The molecule has 90 valence electrons. The van der Waals surface area contributed by atoms with E-state index in [0.29, 0.717) is 23.7 Å². The van der Waals surface area contributed by atoms with E-state index in [0.717, 1.165) is 12.8 Å². The smallest absolute Gasteiger partial charge is 0.230 e. The molecule has 16 heavy (non-hydrogen) atoms. The number of imide groups is 1. The summed E-state index contributed by atoms with van der Waals surface area (Å²) in [6, 6.07) is 0. The molecular weight excluding hydrogens is 202 g/mol. The third kappa shape index (κ3) is 2.28. The van der Waals surface area contributed by atoms with Crippen LogP contribution in [-0.2, 0) is 9.59 Å². The van der Waals surface area contributed by atoms with Gasteiger partial charge >= 0.3 is 0 Å². The van der Waals surface area contributed by atoms with Crippen LogP contribution in [0.25, 0.3) is 0 Å². The Morgan fingerprint density at radius 2 is 1.94 bits per heavy atom. The number of amides is 2. The van der Waals surface area contributed by atoms with Gasteiger partial charge in [0.25, 0.3) is 0 Å². The standard InChI is InChI=1S/C13H21NO2/c1-8-4-9(7-13(2,3)6-8)10-5-11(15)14-12(10)16/h8-10H,4-7H2,1-3H3,(H,14,15,16). The lowest BCUT2D eigenvalue weighted by atomic mass is 9.64. The zero-order valence-electron chi connectivity index (χ0n) is 10.4. The maximum Gasteiger partial charge on any atom is 0.230 e. The molecule has 1 aliphatic heterocycles. The number of nitrogens with one attached hydrogen (secondary N) is 1. The molecule has 1 aliphatic carbocycles. The van der Waals surface area contributed by atoms with Crippen molar-refractivity contribution in [2.45, 2.75) is 46.5 Å². The van der Waals surface area contributed by atoms with Crippen molar-refractivity contribution in [3.63, 3.8) is 0 Å². The fourth-order valence-corrected chi connectivity index (χ4v) is 3.68. The number of hydrogen-bond donors (Lipinski definition) is 1. The Kier molecular flexibility index (Phi) is 2.81. The molecule has 3 nitrogen and oxygen atoms in total. The van der Waals surface area contributed by atoms with Crippen molar-refractivity contribution in [3.8, 4) is 0 Å². The van der Waals surface area contributed by atoms with E-state index in [1.165, 1.54) is 6.42 Å². The van der Waals surface area contributed by atoms with Crippen LogP contribution in [0.15, 0.2) is 0 Å². The zero-order chi connectivity index (χ0) is 11.9. The molecule has 2 rings (SSSR count). The molecule has 0 spiro atoms. The Hall–Kier alpha value is -0.860. The first kappa shape index (κ1) is 11.6. The lowest BCUT2D eigenvalue weighted by molar-refractivity contribution is -0.126. The van der Waals surface area contributed by atoms with E-state index in [4.69, 9.17) is 0 Å². The van der Waals surface area contributed by atoms with Gasteiger partial charge in [0.2, 0.25) is 11.8 Å². The molecular formula is C13H21NO2. The van der Waals surface area contributed by atoms with Crippen LogP contribution in [0.4, 0.5) is 0 Å². The molecule has 1 heterocycles. The Balaban J connectivity index is 2.09. The molecule has 0 radical (unpaired) electrons. The lowest BCUT2D eigenvalue weighted by Crippen LogP contribution is -2.34. The minimum absolute atomic E-state index is 0.0418. The first-order valence-corrected chi connectivity index (χ1v) is 6.21. The summed E-state index contributed by atoms with van der Waals surface area (Å²) < 4.78 is 0. The largest absolute Gasteiger partial charge is 0.296 e. The molecule has 0 bridgehead atoms. The van der Waals surface area contributed by atoms with Crippen LogP contribution < -0.4 is 5.32 Å². The van der Waals surface area contributed by atoms with Gasteiger partial charge < -0.3 is 0 Å². The molecule has 2 fully saturated rings. The van der Waals surface area contributed by atoms with Crippen molar-refractivity contribution < 1.29 is 9.59 Å². The molecule has 0 aromatic carbocycles. The summed E-state index contributed by atoms with van der Waals surface area (Å²) in [5.41, 5.74) is 0.314. The van der Waals surface area contributed by atoms with Crippen molar-refractivity contribution in [1.29, 1.82) is 0 Å². The van der Waals surface area contributed by atoms with Crippen LogP contribution >= 0.6 is 0 Å². The van der Waals surface area contributed by atoms with Crippen molar-refractivity contribution >= 4 is 11.8 Å². The minimum Gasteiger partial charge on any atom is -0.296 e. The monoisotopic (exact) mass is 223 g/mol. The predicted octanol–water partition coefficient (Wildman–Crippen LogP) is 2.11. The average molecular weight is 223 g/mol. The van der Waals surface area contributed by atoms with Gasteiger partial charge in [0.05, 0.1) is 0 Å². The quantitative estimate of drug-likeness (QED) is 0.692. The zero-order valence-corrected chi connectivity index (χ0v) is 10.4. The van der Waals surface area contributed by atoms with Crippen molar-refractivity contribution in [3.05, 3.63) is 0 Å². The Bertz CT molecular complexity index is 322. The van der Waals surface area contributed by atoms with Gasteiger partial charge in [-0.15, -0.1) is 0 Å². The van der Waals surface area contributed by atoms with Crippen molar-refractivity contribution in [1.82, 2.24) is 5.32 Å². The van der Waals surface area contributed by atoms with Crippen LogP contribution in [0, 0.1) is 23.2 Å². The number of carbonyl (C=O) groups excluding carboxylic acids is 2. The van der Waals surface area contributed by atoms with Gasteiger partial charge in [-0.25, -0.2) is 0 Å². The summed E-state index contributed by atoms with van der Waals surface area (Å²) in [7, 11) is 0. The Labute approximate surface area is 97.0 Å². The second-order valence-electron chi connectivity index (χ2n) is 6.40. The van der Waals surface area contributed by atoms with E-state index < -0.39 is 0 Å². The minimum atomic E-state index is -0.0916. The summed E-state index contributed by atoms with van der Waals surface area (Å²) in [6.45, 7) is 6.79. The van der Waals surface area contributed by atoms with Crippen LogP contribution in [0.3, 0.4) is 0 Å². The summed E-state index contributed by atoms with van der Waals surface area (Å²) in [5, 5.41) is 2.43. The van der Waals surface area contributed by atoms with Crippen LogP contribution in [0.5, 0.6) is 0 Å². The molecule has 0 aromatic rings. The normalized spacial score (nSPS) is 38.6. The maximum atomic E-state index is 11.7. The van der Waals surface area contributed by atoms with Gasteiger partial charge in [0.15, 0.2) is 0 Å². The van der Waals surface area contributed by atoms with Gasteiger partial charge in [-0.05, 0) is 36.5 Å². The van der Waals surface area contributed by atoms with Gasteiger partial charge in [0, 0.05) is 12.3 Å². The molecule has 2 aliphatic rings. The van der Waals surface area contributed by atoms with E-state index in [1.54, 1.807) is 0 Å². The van der Waals surface area contributed by atoms with E-state index in [2.05, 4.69) is 26.1 Å². The summed E-state index contributed by atoms with van der Waals surface area (Å²) >= 11 is 0. The van der Waals surface area contributed by atoms with Crippen LogP contribution in [0.1, 0.15) is 46.5 Å². The first-order chi connectivity index (χ1) is 7.37. The molecule has 3 atom stereocenters. The number of rotatable bonds is 1. The van der Waals surface area contributed by atoms with Crippen LogP contribution in [0.2, 0.25) is 0 Å². The van der Waals surface area contributed by atoms with Crippen LogP contribution in [-0.4, -0.2) is 11.8 Å². The van der Waals surface area contributed by atoms with Gasteiger partial charge in [-0.1, -0.05) is 20.8 Å². The third-order valence-electron chi connectivity index (χ3n) is 3.99. The number of carbonyl (C=O) groups is 2. The predicted molar refractivity (Wildman–Crippen MR) is 61.5 cm³/mol. The maximum absolute atomic E-state index is 11.7. The summed E-state index contributed by atoms with van der Waals surface area (Å²) in [6.07, 6.45) is 3.80. The highest BCUT2D eigenvalue weighted by molar-refractivity contribution is 6.03. The second-order valence-corrected chi connectivity index (χ2v) is 6.40. The van der Waals surface area contributed by atoms with Crippen molar-refractivity contribution in [2.75, 3.05) is 0 Å². The first-order valence-electron chi connectivity index (χ1n) is 6.21. The fourth-order valence-electron chi connectivity index (χ4n) is 3.68. The van der Waals surface area contributed by atoms with Gasteiger partial charge in [0.1, 0.15) is 0 Å². The highest BCUT2D eigenvalue weighted by atomic mass is 16.2. The average Bonchev–Trinajstić information content (AvgIpc) is 2.41. The van der Waals surface area contributed by atoms with Crippen molar-refractivity contribution in [2.24, 2.45) is 23.2 Å². The highest BCUT2D eigenvalue weighted by Crippen LogP contribution is 2.45. The molecule has 1 saturated heterocycles. The van der Waals surface area contributed by atoms with E-state index in [1.807, 2.05) is 0 Å². The van der Waals surface area contributed by atoms with E-state index in [9.17, 15) is 9.59 Å². The number of hydrogen-bond acceptors (Lipinski definition) is 2. The molecule has 1 N–H and O–H groups in total. The summed E-state index contributed by atoms with van der Waals surface area (Å²) in [4.78, 5) is 22.9. The Morgan fingerprint density at radius 1 is 1.25 bits per heavy atom. The molecule has 0 aromatic heterocycles. The van der Waals surface area contributed by atoms with Gasteiger partial charge in [-0.2, -0.15) is 0 Å². The van der Waals surface area contributed by atoms with E-state index in [-0.39, 0.29) is 17.7 Å². The highest BCUT2D eigenvalue weighted by Gasteiger charge is 2.42. The molecule has 2 amide bonds. The molecule has 3 heteroatoms. The second kappa shape index (κ2) is 3.86. The lowest BCUT2D eigenvalue weighted by Gasteiger charge is -2.40. The van der Waals surface area contributed by atoms with E-state index >= 15 is 0 Å². The molecule has 3 unspecified atom stereocenters. The van der Waals surface area contributed by atoms with Gasteiger partial charge in [-0.3, -0.25) is 14.9 Å². The Morgan fingerprint density at radius 3 is 2.44 bits per heavy atom. The topological polar surface area (TPSA) is 46.2 Å². The third-order valence-corrected chi connectivity index (χ3v) is 3.99. The SMILES string of the molecule is CC1CC(C2CC(=O)NC2=O)CC(C)(C)C1. The fraction of sp³-hybridized carbons (Fsp3) is 0.846.